The van der Waals surface area contributed by atoms with Crippen LogP contribution in [-0.2, 0) is 14.6 Å². The second-order valence-electron chi connectivity index (χ2n) is 5.76. The molecule has 1 aromatic carbocycles. The Morgan fingerprint density at radius 1 is 1.35 bits per heavy atom. The zero-order chi connectivity index (χ0) is 16.4. The summed E-state index contributed by atoms with van der Waals surface area (Å²) in [7, 11) is -3.05. The number of nitrogens with zero attached hydrogens (tertiary/aromatic N) is 3. The number of aromatic nitrogens is 3. The number of rotatable bonds is 4. The third-order valence-corrected chi connectivity index (χ3v) is 5.81. The van der Waals surface area contributed by atoms with Crippen LogP contribution in [0.2, 0.25) is 0 Å². The largest absolute Gasteiger partial charge is 0.349 e. The van der Waals surface area contributed by atoms with E-state index in [-0.39, 0.29) is 23.5 Å². The van der Waals surface area contributed by atoms with Gasteiger partial charge in [0, 0.05) is 0 Å². The van der Waals surface area contributed by atoms with Crippen molar-refractivity contribution in [1.82, 2.24) is 20.1 Å². The summed E-state index contributed by atoms with van der Waals surface area (Å²) in [5.41, 5.74) is 1.83. The minimum atomic E-state index is -3.05. The van der Waals surface area contributed by atoms with Gasteiger partial charge in [-0.25, -0.2) is 18.1 Å². The van der Waals surface area contributed by atoms with Crippen LogP contribution in [0.1, 0.15) is 24.9 Å². The van der Waals surface area contributed by atoms with Gasteiger partial charge in [0.05, 0.1) is 29.2 Å². The lowest BCUT2D eigenvalue weighted by Gasteiger charge is -2.17. The number of benzene rings is 1. The Balaban J connectivity index is 1.64. The molecule has 122 valence electrons. The lowest BCUT2D eigenvalue weighted by Crippen LogP contribution is -2.33. The molecule has 1 aromatic heterocycles. The Hall–Kier alpha value is -2.22. The Morgan fingerprint density at radius 3 is 2.65 bits per heavy atom. The average molecular weight is 334 g/mol. The highest BCUT2D eigenvalue weighted by Gasteiger charge is 2.33. The zero-order valence-corrected chi connectivity index (χ0v) is 13.5. The summed E-state index contributed by atoms with van der Waals surface area (Å²) in [4.78, 5) is 16.1. The van der Waals surface area contributed by atoms with E-state index in [1.807, 2.05) is 31.2 Å². The lowest BCUT2D eigenvalue weighted by molar-refractivity contribution is -0.124. The molecule has 0 saturated carbocycles. The van der Waals surface area contributed by atoms with Gasteiger partial charge in [-0.15, -0.1) is 0 Å². The van der Waals surface area contributed by atoms with Crippen LogP contribution in [0, 0.1) is 5.92 Å². The van der Waals surface area contributed by atoms with Crippen molar-refractivity contribution in [2.75, 3.05) is 11.5 Å². The molecule has 23 heavy (non-hydrogen) atoms. The molecule has 2 unspecified atom stereocenters. The molecule has 1 aliphatic rings. The van der Waals surface area contributed by atoms with E-state index in [1.165, 1.54) is 6.33 Å². The fourth-order valence-electron chi connectivity index (χ4n) is 2.67. The Bertz CT molecular complexity index is 785. The van der Waals surface area contributed by atoms with Crippen molar-refractivity contribution in [3.8, 4) is 5.69 Å². The second kappa shape index (κ2) is 6.11. The highest BCUT2D eigenvalue weighted by molar-refractivity contribution is 7.91. The highest BCUT2D eigenvalue weighted by atomic mass is 32.2. The van der Waals surface area contributed by atoms with Gasteiger partial charge in [0.2, 0.25) is 5.91 Å². The molecule has 2 atom stereocenters. The van der Waals surface area contributed by atoms with Crippen LogP contribution in [0.3, 0.4) is 0 Å². The van der Waals surface area contributed by atoms with Crippen LogP contribution < -0.4 is 5.32 Å². The topological polar surface area (TPSA) is 94.0 Å². The van der Waals surface area contributed by atoms with Crippen LogP contribution in [0.15, 0.2) is 36.9 Å². The maximum atomic E-state index is 12.2. The van der Waals surface area contributed by atoms with Crippen molar-refractivity contribution in [3.05, 3.63) is 42.5 Å². The summed E-state index contributed by atoms with van der Waals surface area (Å²) in [6, 6.07) is 7.43. The van der Waals surface area contributed by atoms with Crippen LogP contribution in [-0.4, -0.2) is 40.6 Å². The number of hydrogen-bond acceptors (Lipinski definition) is 5. The third kappa shape index (κ3) is 3.58. The molecule has 0 aliphatic carbocycles. The summed E-state index contributed by atoms with van der Waals surface area (Å²) in [6.07, 6.45) is 3.49. The van der Waals surface area contributed by atoms with Gasteiger partial charge < -0.3 is 5.32 Å². The Kier molecular flexibility index (Phi) is 4.16. The van der Waals surface area contributed by atoms with E-state index >= 15 is 0 Å². The van der Waals surface area contributed by atoms with E-state index in [9.17, 15) is 13.2 Å². The first-order chi connectivity index (χ1) is 10.9. The van der Waals surface area contributed by atoms with Crippen molar-refractivity contribution in [3.63, 3.8) is 0 Å². The molecule has 0 spiro atoms. The smallest absolute Gasteiger partial charge is 0.224 e. The number of sulfone groups is 1. The third-order valence-electron chi connectivity index (χ3n) is 4.04. The standard InChI is InChI=1S/C15H18N4O3S/c1-11(18-15(20)13-6-7-23(21,22)8-13)12-2-4-14(5-3-12)19-10-16-9-17-19/h2-5,9-11,13H,6-8H2,1H3,(H,18,20). The van der Waals surface area contributed by atoms with Gasteiger partial charge >= 0.3 is 0 Å². The van der Waals surface area contributed by atoms with Crippen molar-refractivity contribution >= 4 is 15.7 Å². The van der Waals surface area contributed by atoms with Gasteiger partial charge in [0.25, 0.3) is 0 Å². The molecule has 1 saturated heterocycles. The molecule has 2 aromatic rings. The van der Waals surface area contributed by atoms with Crippen LogP contribution in [0.5, 0.6) is 0 Å². The number of nitrogens with one attached hydrogen (secondary N) is 1. The van der Waals surface area contributed by atoms with Gasteiger partial charge in [0.15, 0.2) is 9.84 Å². The predicted octanol–water partition coefficient (Wildman–Crippen LogP) is 0.879. The molecule has 8 heteroatoms. The molecule has 1 amide bonds. The lowest BCUT2D eigenvalue weighted by atomic mass is 10.0. The van der Waals surface area contributed by atoms with E-state index in [0.717, 1.165) is 11.3 Å². The normalized spacial score (nSPS) is 21.0. The number of carbonyl (C=O) groups is 1. The summed E-state index contributed by atoms with van der Waals surface area (Å²) in [5.74, 6) is -0.570. The maximum absolute atomic E-state index is 12.2. The maximum Gasteiger partial charge on any atom is 0.224 e. The zero-order valence-electron chi connectivity index (χ0n) is 12.7. The molecule has 1 fully saturated rings. The first-order valence-corrected chi connectivity index (χ1v) is 9.22. The molecule has 2 heterocycles. The van der Waals surface area contributed by atoms with Crippen molar-refractivity contribution in [1.29, 1.82) is 0 Å². The van der Waals surface area contributed by atoms with E-state index in [0.29, 0.717) is 6.42 Å². The van der Waals surface area contributed by atoms with Gasteiger partial charge in [-0.3, -0.25) is 4.79 Å². The van der Waals surface area contributed by atoms with Crippen molar-refractivity contribution < 1.29 is 13.2 Å². The van der Waals surface area contributed by atoms with E-state index in [1.54, 1.807) is 11.0 Å². The fraction of sp³-hybridized carbons (Fsp3) is 0.400. The van der Waals surface area contributed by atoms with Gasteiger partial charge in [-0.2, -0.15) is 5.10 Å². The molecule has 0 radical (unpaired) electrons. The Morgan fingerprint density at radius 2 is 2.09 bits per heavy atom. The number of hydrogen-bond donors (Lipinski definition) is 1. The van der Waals surface area contributed by atoms with Gasteiger partial charge in [-0.05, 0) is 31.0 Å². The summed E-state index contributed by atoms with van der Waals surface area (Å²) in [6.45, 7) is 1.88. The van der Waals surface area contributed by atoms with Crippen LogP contribution >= 0.6 is 0 Å². The first-order valence-electron chi connectivity index (χ1n) is 7.40. The molecule has 1 aliphatic heterocycles. The predicted molar refractivity (Wildman–Crippen MR) is 84.7 cm³/mol. The van der Waals surface area contributed by atoms with Crippen LogP contribution in [0.25, 0.3) is 5.69 Å². The minimum absolute atomic E-state index is 0.0449. The van der Waals surface area contributed by atoms with Crippen molar-refractivity contribution in [2.45, 2.75) is 19.4 Å². The van der Waals surface area contributed by atoms with Gasteiger partial charge in [-0.1, -0.05) is 12.1 Å². The van der Waals surface area contributed by atoms with E-state index in [4.69, 9.17) is 0 Å². The molecular weight excluding hydrogens is 316 g/mol. The number of carbonyl (C=O) groups excluding carboxylic acids is 1. The summed E-state index contributed by atoms with van der Waals surface area (Å²) < 4.78 is 24.6. The SMILES string of the molecule is CC(NC(=O)C1CCS(=O)(=O)C1)c1ccc(-n2cncn2)cc1. The van der Waals surface area contributed by atoms with Gasteiger partial charge in [0.1, 0.15) is 12.7 Å². The quantitative estimate of drug-likeness (QED) is 0.896. The van der Waals surface area contributed by atoms with Crippen LogP contribution in [0.4, 0.5) is 0 Å². The monoisotopic (exact) mass is 334 g/mol. The average Bonchev–Trinajstić information content (AvgIpc) is 3.16. The second-order valence-corrected chi connectivity index (χ2v) is 7.99. The molecule has 7 nitrogen and oxygen atoms in total. The van der Waals surface area contributed by atoms with E-state index in [2.05, 4.69) is 15.4 Å². The summed E-state index contributed by atoms with van der Waals surface area (Å²) in [5, 5.41) is 6.95. The molecule has 1 N–H and O–H groups in total. The fourth-order valence-corrected chi connectivity index (χ4v) is 4.42. The number of amides is 1. The summed E-state index contributed by atoms with van der Waals surface area (Å²) >= 11 is 0. The minimum Gasteiger partial charge on any atom is -0.349 e. The van der Waals surface area contributed by atoms with Crippen molar-refractivity contribution in [2.24, 2.45) is 5.92 Å². The Labute approximate surface area is 134 Å². The highest BCUT2D eigenvalue weighted by Crippen LogP contribution is 2.21. The molecular formula is C15H18N4O3S. The molecule has 3 rings (SSSR count). The first kappa shape index (κ1) is 15.7. The van der Waals surface area contributed by atoms with E-state index < -0.39 is 15.8 Å². The molecule has 0 bridgehead atoms.